The van der Waals surface area contributed by atoms with Crippen molar-refractivity contribution in [3.63, 3.8) is 0 Å². The van der Waals surface area contributed by atoms with E-state index in [-0.39, 0.29) is 24.6 Å². The third kappa shape index (κ3) is 6.52. The number of carboxylic acid groups (broad SMARTS) is 2. The van der Waals surface area contributed by atoms with Crippen molar-refractivity contribution in [2.45, 2.75) is 50.4 Å². The number of carboxylic acids is 2. The zero-order valence-corrected chi connectivity index (χ0v) is 16.0. The maximum absolute atomic E-state index is 12.2. The zero-order chi connectivity index (χ0) is 22.3. The lowest BCUT2D eigenvalue weighted by Crippen LogP contribution is -2.51. The van der Waals surface area contributed by atoms with Crippen LogP contribution in [0.4, 0.5) is 4.79 Å². The molecule has 2 amide bonds. The molecule has 2 rings (SSSR count). The average molecular weight is 425 g/mol. The molecule has 0 spiro atoms. The summed E-state index contributed by atoms with van der Waals surface area (Å²) in [7, 11) is 0. The molecule has 4 atom stereocenters. The van der Waals surface area contributed by atoms with E-state index >= 15 is 0 Å². The molecule has 2 aromatic rings. The topological polar surface area (TPSA) is 230 Å². The number of urea groups is 1. The molecule has 164 valence electrons. The normalized spacial score (nSPS) is 15.0. The van der Waals surface area contributed by atoms with Gasteiger partial charge in [-0.3, -0.25) is 4.79 Å². The minimum Gasteiger partial charge on any atom is -0.481 e. The van der Waals surface area contributed by atoms with Crippen molar-refractivity contribution in [3.8, 4) is 0 Å². The number of carbonyl (C=O) groups is 3. The number of aliphatic hydroxyl groups is 1. The van der Waals surface area contributed by atoms with Crippen LogP contribution in [0.2, 0.25) is 0 Å². The number of imidazole rings is 1. The number of aromatic amines is 1. The summed E-state index contributed by atoms with van der Waals surface area (Å²) in [6.07, 6.45) is 1.62. The highest BCUT2D eigenvalue weighted by Crippen LogP contribution is 2.20. The van der Waals surface area contributed by atoms with Gasteiger partial charge in [0.2, 0.25) is 5.89 Å². The van der Waals surface area contributed by atoms with Crippen molar-refractivity contribution in [1.29, 1.82) is 0 Å². The molecule has 2 unspecified atom stereocenters. The van der Waals surface area contributed by atoms with E-state index in [1.165, 1.54) is 13.3 Å². The van der Waals surface area contributed by atoms with E-state index in [2.05, 4.69) is 30.7 Å². The molecule has 0 saturated heterocycles. The lowest BCUT2D eigenvalue weighted by Gasteiger charge is -2.20. The van der Waals surface area contributed by atoms with Crippen LogP contribution in [-0.4, -0.2) is 65.5 Å². The first-order chi connectivity index (χ1) is 14.2. The Balaban J connectivity index is 2.10. The molecule has 2 heterocycles. The van der Waals surface area contributed by atoms with Crippen LogP contribution in [0.25, 0.3) is 0 Å². The fourth-order valence-corrected chi connectivity index (χ4v) is 2.52. The number of nitrogens with one attached hydrogen (secondary N) is 3. The fraction of sp³-hybridized carbons (Fsp3) is 0.500. The number of aromatic nitrogens is 4. The molecule has 30 heavy (non-hydrogen) atoms. The molecule has 0 saturated carbocycles. The van der Waals surface area contributed by atoms with Gasteiger partial charge in [0, 0.05) is 24.7 Å². The van der Waals surface area contributed by atoms with E-state index in [0.717, 1.165) is 5.69 Å². The van der Waals surface area contributed by atoms with Crippen molar-refractivity contribution >= 4 is 18.0 Å². The Morgan fingerprint density at radius 2 is 2.03 bits per heavy atom. The van der Waals surface area contributed by atoms with E-state index in [0.29, 0.717) is 6.42 Å². The molecule has 0 aliphatic rings. The molecule has 2 aromatic heterocycles. The predicted molar refractivity (Wildman–Crippen MR) is 97.9 cm³/mol. The van der Waals surface area contributed by atoms with Gasteiger partial charge >= 0.3 is 18.0 Å². The number of aliphatic carboxylic acids is 2. The summed E-state index contributed by atoms with van der Waals surface area (Å²) >= 11 is 0. The third-order valence-electron chi connectivity index (χ3n) is 4.07. The lowest BCUT2D eigenvalue weighted by atomic mass is 10.1. The van der Waals surface area contributed by atoms with Crippen molar-refractivity contribution in [3.05, 3.63) is 29.9 Å². The van der Waals surface area contributed by atoms with E-state index in [1.54, 1.807) is 6.20 Å². The van der Waals surface area contributed by atoms with E-state index < -0.39 is 42.2 Å². The van der Waals surface area contributed by atoms with E-state index in [4.69, 9.17) is 20.5 Å². The number of hydrogen-bond acceptors (Lipinski definition) is 9. The molecule has 14 heteroatoms. The SMILES string of the molecule is CC(O)[C@H](NC(=O)NC(CCC(=O)O)c1nc([C@@H](N)Cc2cnc[nH]2)no1)C(=O)O. The summed E-state index contributed by atoms with van der Waals surface area (Å²) in [5, 5.41) is 35.7. The van der Waals surface area contributed by atoms with Gasteiger partial charge in [0.25, 0.3) is 0 Å². The van der Waals surface area contributed by atoms with Gasteiger partial charge in [-0.1, -0.05) is 5.16 Å². The van der Waals surface area contributed by atoms with Gasteiger partial charge in [-0.15, -0.1) is 0 Å². The summed E-state index contributed by atoms with van der Waals surface area (Å²) in [6, 6.07) is -4.19. The van der Waals surface area contributed by atoms with Crippen LogP contribution in [0.1, 0.15) is 49.3 Å². The monoisotopic (exact) mass is 425 g/mol. The maximum atomic E-state index is 12.2. The van der Waals surface area contributed by atoms with Gasteiger partial charge < -0.3 is 41.2 Å². The first-order valence-electron chi connectivity index (χ1n) is 8.93. The number of rotatable bonds is 11. The van der Waals surface area contributed by atoms with Crippen LogP contribution in [0.15, 0.2) is 17.0 Å². The highest BCUT2D eigenvalue weighted by molar-refractivity contribution is 5.83. The standard InChI is InChI=1S/C16H23N7O7/c1-7(24)12(15(27)28)21-16(29)20-10(2-3-11(25)26)14-22-13(23-30-14)9(17)4-8-5-18-6-19-8/h5-7,9-10,12,24H,2-4,17H2,1H3,(H,18,19)(H,25,26)(H,27,28)(H2,20,21,29)/t7?,9-,10?,12-/m0/s1. The number of amides is 2. The minimum absolute atomic E-state index is 0.0922. The predicted octanol–water partition coefficient (Wildman–Crippen LogP) is -0.926. The summed E-state index contributed by atoms with van der Waals surface area (Å²) in [5.41, 5.74) is 6.78. The number of nitrogens with two attached hydrogens (primary N) is 1. The second-order valence-electron chi connectivity index (χ2n) is 6.54. The summed E-state index contributed by atoms with van der Waals surface area (Å²) in [4.78, 5) is 45.1. The Bertz CT molecular complexity index is 852. The highest BCUT2D eigenvalue weighted by atomic mass is 16.5. The van der Waals surface area contributed by atoms with Gasteiger partial charge in [-0.25, -0.2) is 14.6 Å². The summed E-state index contributed by atoms with van der Waals surface area (Å²) in [5.74, 6) is -2.52. The van der Waals surface area contributed by atoms with Gasteiger partial charge in [-0.05, 0) is 13.3 Å². The van der Waals surface area contributed by atoms with Crippen LogP contribution in [0.3, 0.4) is 0 Å². The van der Waals surface area contributed by atoms with Crippen molar-refractivity contribution in [1.82, 2.24) is 30.7 Å². The summed E-state index contributed by atoms with van der Waals surface area (Å²) in [6.45, 7) is 1.20. The van der Waals surface area contributed by atoms with Crippen LogP contribution >= 0.6 is 0 Å². The van der Waals surface area contributed by atoms with Gasteiger partial charge in [0.05, 0.1) is 18.5 Å². The molecular formula is C16H23N7O7. The van der Waals surface area contributed by atoms with Crippen molar-refractivity contribution < 1.29 is 34.2 Å². The van der Waals surface area contributed by atoms with E-state index in [9.17, 15) is 19.5 Å². The molecule has 0 fully saturated rings. The Hall–Kier alpha value is -3.52. The number of hydrogen-bond donors (Lipinski definition) is 7. The highest BCUT2D eigenvalue weighted by Gasteiger charge is 2.28. The van der Waals surface area contributed by atoms with Crippen LogP contribution in [0.5, 0.6) is 0 Å². The third-order valence-corrected chi connectivity index (χ3v) is 4.07. The number of aliphatic hydroxyl groups excluding tert-OH is 1. The number of H-pyrrole nitrogens is 1. The second kappa shape index (κ2) is 10.3. The second-order valence-corrected chi connectivity index (χ2v) is 6.54. The van der Waals surface area contributed by atoms with Crippen LogP contribution in [-0.2, 0) is 16.0 Å². The van der Waals surface area contributed by atoms with Gasteiger partial charge in [0.15, 0.2) is 11.9 Å². The molecule has 0 aliphatic heterocycles. The quantitative estimate of drug-likeness (QED) is 0.232. The minimum atomic E-state index is -1.56. The molecule has 0 aromatic carbocycles. The average Bonchev–Trinajstić information content (AvgIpc) is 3.34. The van der Waals surface area contributed by atoms with Crippen molar-refractivity contribution in [2.75, 3.05) is 0 Å². The molecule has 8 N–H and O–H groups in total. The number of nitrogens with zero attached hydrogens (tertiary/aromatic N) is 3. The maximum Gasteiger partial charge on any atom is 0.328 e. The fourth-order valence-electron chi connectivity index (χ4n) is 2.52. The van der Waals surface area contributed by atoms with Crippen LogP contribution < -0.4 is 16.4 Å². The molecule has 0 aliphatic carbocycles. The lowest BCUT2D eigenvalue weighted by molar-refractivity contribution is -0.141. The summed E-state index contributed by atoms with van der Waals surface area (Å²) < 4.78 is 5.13. The Morgan fingerprint density at radius 3 is 2.60 bits per heavy atom. The Morgan fingerprint density at radius 1 is 1.30 bits per heavy atom. The first kappa shape index (κ1) is 22.8. The number of carbonyl (C=O) groups excluding carboxylic acids is 1. The largest absolute Gasteiger partial charge is 0.481 e. The molecule has 14 nitrogen and oxygen atoms in total. The molecule has 0 radical (unpaired) electrons. The molecule has 0 bridgehead atoms. The van der Waals surface area contributed by atoms with Crippen molar-refractivity contribution in [2.24, 2.45) is 5.73 Å². The van der Waals surface area contributed by atoms with Gasteiger partial charge in [-0.2, -0.15) is 4.98 Å². The van der Waals surface area contributed by atoms with Crippen LogP contribution in [0, 0.1) is 0 Å². The Kier molecular flexibility index (Phi) is 7.83. The van der Waals surface area contributed by atoms with Gasteiger partial charge in [0.1, 0.15) is 6.04 Å². The first-order valence-corrected chi connectivity index (χ1v) is 8.93. The smallest absolute Gasteiger partial charge is 0.328 e. The Labute approximate surface area is 169 Å². The zero-order valence-electron chi connectivity index (χ0n) is 16.0. The molecular weight excluding hydrogens is 402 g/mol. The van der Waals surface area contributed by atoms with E-state index in [1.807, 2.05) is 0 Å².